The van der Waals surface area contributed by atoms with Crippen molar-refractivity contribution in [1.29, 1.82) is 0 Å². The highest BCUT2D eigenvalue weighted by Crippen LogP contribution is 2.26. The van der Waals surface area contributed by atoms with E-state index in [1.807, 2.05) is 31.2 Å². The molecule has 0 radical (unpaired) electrons. The first-order valence-corrected chi connectivity index (χ1v) is 7.53. The molecule has 2 unspecified atom stereocenters. The van der Waals surface area contributed by atoms with Gasteiger partial charge in [0.15, 0.2) is 0 Å². The van der Waals surface area contributed by atoms with Gasteiger partial charge in [0.05, 0.1) is 11.2 Å². The predicted molar refractivity (Wildman–Crippen MR) is 85.3 cm³/mol. The van der Waals surface area contributed by atoms with Crippen molar-refractivity contribution in [3.63, 3.8) is 0 Å². The van der Waals surface area contributed by atoms with E-state index in [0.29, 0.717) is 6.04 Å². The van der Waals surface area contributed by atoms with Gasteiger partial charge in [0.1, 0.15) is 0 Å². The van der Waals surface area contributed by atoms with E-state index in [1.165, 1.54) is 0 Å². The molecule has 1 aliphatic heterocycles. The van der Waals surface area contributed by atoms with E-state index in [2.05, 4.69) is 22.5 Å². The number of carbonyl (C=O) groups is 1. The molecule has 1 aromatic heterocycles. The second kappa shape index (κ2) is 5.82. The van der Waals surface area contributed by atoms with Crippen LogP contribution in [0.15, 0.2) is 30.5 Å². The van der Waals surface area contributed by atoms with Gasteiger partial charge < -0.3 is 10.6 Å². The summed E-state index contributed by atoms with van der Waals surface area (Å²) in [5.74, 6) is 0.214. The first-order valence-electron chi connectivity index (χ1n) is 7.53. The highest BCUT2D eigenvalue weighted by molar-refractivity contribution is 6.02. The molecule has 0 spiro atoms. The Morgan fingerprint density at radius 1 is 1.38 bits per heavy atom. The zero-order valence-electron chi connectivity index (χ0n) is 12.5. The molecule has 4 nitrogen and oxygen atoms in total. The normalized spacial score (nSPS) is 22.2. The molecule has 0 aliphatic carbocycles. The van der Waals surface area contributed by atoms with Crippen molar-refractivity contribution in [3.05, 3.63) is 36.0 Å². The Morgan fingerprint density at radius 2 is 2.24 bits per heavy atom. The molecule has 0 saturated carbocycles. The Kier molecular flexibility index (Phi) is 3.88. The molecular weight excluding hydrogens is 262 g/mol. The van der Waals surface area contributed by atoms with Crippen molar-refractivity contribution < 1.29 is 4.79 Å². The minimum atomic E-state index is 0.0919. The molecule has 21 heavy (non-hydrogen) atoms. The van der Waals surface area contributed by atoms with Crippen molar-refractivity contribution in [2.45, 2.75) is 32.7 Å². The lowest BCUT2D eigenvalue weighted by Gasteiger charge is -2.27. The Hall–Kier alpha value is -1.94. The highest BCUT2D eigenvalue weighted by Gasteiger charge is 2.25. The van der Waals surface area contributed by atoms with Crippen molar-refractivity contribution in [2.75, 3.05) is 11.9 Å². The van der Waals surface area contributed by atoms with Gasteiger partial charge in [0, 0.05) is 23.5 Å². The maximum absolute atomic E-state index is 12.5. The number of anilines is 1. The lowest BCUT2D eigenvalue weighted by Crippen LogP contribution is -2.40. The summed E-state index contributed by atoms with van der Waals surface area (Å²) in [4.78, 5) is 16.9. The van der Waals surface area contributed by atoms with E-state index in [0.717, 1.165) is 41.5 Å². The Balaban J connectivity index is 1.85. The fourth-order valence-corrected chi connectivity index (χ4v) is 3.03. The van der Waals surface area contributed by atoms with Gasteiger partial charge in [0.25, 0.3) is 0 Å². The average molecular weight is 283 g/mol. The Labute approximate surface area is 125 Å². The molecule has 1 aliphatic rings. The monoisotopic (exact) mass is 283 g/mol. The molecule has 1 amide bonds. The van der Waals surface area contributed by atoms with E-state index in [9.17, 15) is 4.79 Å². The molecule has 2 atom stereocenters. The number of aryl methyl sites for hydroxylation is 1. The summed E-state index contributed by atoms with van der Waals surface area (Å²) < 4.78 is 0. The summed E-state index contributed by atoms with van der Waals surface area (Å²) in [6.07, 6.45) is 3.58. The van der Waals surface area contributed by atoms with E-state index in [1.54, 1.807) is 6.20 Å². The van der Waals surface area contributed by atoms with Crippen molar-refractivity contribution in [2.24, 2.45) is 5.92 Å². The van der Waals surface area contributed by atoms with Crippen LogP contribution in [0.25, 0.3) is 10.9 Å². The number of piperidine rings is 1. The lowest BCUT2D eigenvalue weighted by molar-refractivity contribution is -0.120. The van der Waals surface area contributed by atoms with E-state index in [-0.39, 0.29) is 11.8 Å². The number of aromatic nitrogens is 1. The number of fused-ring (bicyclic) bond motifs is 1. The summed E-state index contributed by atoms with van der Waals surface area (Å²) in [6, 6.07) is 8.31. The smallest absolute Gasteiger partial charge is 0.227 e. The van der Waals surface area contributed by atoms with Crippen LogP contribution in [0.1, 0.15) is 25.3 Å². The minimum absolute atomic E-state index is 0.0919. The second-order valence-electron chi connectivity index (χ2n) is 5.90. The SMILES string of the molecule is Cc1ccc(NC(=O)C2CCNC(C)C2)c2cccnc12. The Morgan fingerprint density at radius 3 is 3.05 bits per heavy atom. The fourth-order valence-electron chi connectivity index (χ4n) is 3.03. The second-order valence-corrected chi connectivity index (χ2v) is 5.90. The van der Waals surface area contributed by atoms with Crippen molar-refractivity contribution in [1.82, 2.24) is 10.3 Å². The maximum Gasteiger partial charge on any atom is 0.227 e. The highest BCUT2D eigenvalue weighted by atomic mass is 16.1. The zero-order chi connectivity index (χ0) is 14.8. The minimum Gasteiger partial charge on any atom is -0.325 e. The summed E-state index contributed by atoms with van der Waals surface area (Å²) >= 11 is 0. The molecule has 3 rings (SSSR count). The molecule has 0 bridgehead atoms. The van der Waals surface area contributed by atoms with Gasteiger partial charge in [-0.15, -0.1) is 0 Å². The first kappa shape index (κ1) is 14.0. The third-order valence-electron chi connectivity index (χ3n) is 4.22. The molecular formula is C17H21N3O. The van der Waals surface area contributed by atoms with Crippen LogP contribution < -0.4 is 10.6 Å². The van der Waals surface area contributed by atoms with E-state index in [4.69, 9.17) is 0 Å². The van der Waals surface area contributed by atoms with Crippen LogP contribution in [0.3, 0.4) is 0 Å². The number of carbonyl (C=O) groups excluding carboxylic acids is 1. The van der Waals surface area contributed by atoms with Crippen LogP contribution in [0, 0.1) is 12.8 Å². The van der Waals surface area contributed by atoms with Gasteiger partial charge in [-0.05, 0) is 57.0 Å². The van der Waals surface area contributed by atoms with Crippen LogP contribution in [0.2, 0.25) is 0 Å². The summed E-state index contributed by atoms with van der Waals surface area (Å²) in [5, 5.41) is 7.48. The van der Waals surface area contributed by atoms with Gasteiger partial charge in [-0.2, -0.15) is 0 Å². The summed E-state index contributed by atoms with van der Waals surface area (Å²) in [5.41, 5.74) is 2.94. The van der Waals surface area contributed by atoms with Gasteiger partial charge in [-0.3, -0.25) is 9.78 Å². The van der Waals surface area contributed by atoms with Crippen molar-refractivity contribution in [3.8, 4) is 0 Å². The topological polar surface area (TPSA) is 54.0 Å². The molecule has 1 aromatic carbocycles. The number of benzene rings is 1. The van der Waals surface area contributed by atoms with Gasteiger partial charge in [-0.1, -0.05) is 6.07 Å². The molecule has 4 heteroatoms. The average Bonchev–Trinajstić information content (AvgIpc) is 2.50. The predicted octanol–water partition coefficient (Wildman–Crippen LogP) is 2.87. The largest absolute Gasteiger partial charge is 0.325 e. The molecule has 2 heterocycles. The third-order valence-corrected chi connectivity index (χ3v) is 4.22. The number of amides is 1. The van der Waals surface area contributed by atoms with Gasteiger partial charge >= 0.3 is 0 Å². The molecule has 2 aromatic rings. The number of hydrogen-bond donors (Lipinski definition) is 2. The number of nitrogens with one attached hydrogen (secondary N) is 2. The van der Waals surface area contributed by atoms with Gasteiger partial charge in [-0.25, -0.2) is 0 Å². The van der Waals surface area contributed by atoms with Crippen LogP contribution in [-0.4, -0.2) is 23.5 Å². The number of pyridine rings is 1. The van der Waals surface area contributed by atoms with Crippen LogP contribution in [0.4, 0.5) is 5.69 Å². The van der Waals surface area contributed by atoms with Gasteiger partial charge in [0.2, 0.25) is 5.91 Å². The zero-order valence-corrected chi connectivity index (χ0v) is 12.5. The quantitative estimate of drug-likeness (QED) is 0.891. The van der Waals surface area contributed by atoms with Crippen molar-refractivity contribution >= 4 is 22.5 Å². The van der Waals surface area contributed by atoms with Crippen LogP contribution in [0.5, 0.6) is 0 Å². The van der Waals surface area contributed by atoms with Crippen LogP contribution in [-0.2, 0) is 4.79 Å². The standard InChI is InChI=1S/C17H21N3O/c1-11-5-6-15(14-4-3-8-19-16(11)14)20-17(21)13-7-9-18-12(2)10-13/h3-6,8,12-13,18H,7,9-10H2,1-2H3,(H,20,21). The first-order chi connectivity index (χ1) is 10.1. The fraction of sp³-hybridized carbons (Fsp3) is 0.412. The lowest BCUT2D eigenvalue weighted by atomic mass is 9.92. The summed E-state index contributed by atoms with van der Waals surface area (Å²) in [7, 11) is 0. The Bertz CT molecular complexity index is 668. The maximum atomic E-state index is 12.5. The molecule has 110 valence electrons. The third kappa shape index (κ3) is 2.90. The molecule has 2 N–H and O–H groups in total. The van der Waals surface area contributed by atoms with E-state index >= 15 is 0 Å². The number of hydrogen-bond acceptors (Lipinski definition) is 3. The molecule has 1 fully saturated rings. The summed E-state index contributed by atoms with van der Waals surface area (Å²) in [6.45, 7) is 5.08. The number of nitrogens with zero attached hydrogens (tertiary/aromatic N) is 1. The van der Waals surface area contributed by atoms with E-state index < -0.39 is 0 Å². The molecule has 1 saturated heterocycles. The number of rotatable bonds is 2. The van der Waals surface area contributed by atoms with Crippen LogP contribution >= 0.6 is 0 Å².